The summed E-state index contributed by atoms with van der Waals surface area (Å²) in [6, 6.07) is 13.8. The van der Waals surface area contributed by atoms with Gasteiger partial charge in [0.15, 0.2) is 0 Å². The lowest BCUT2D eigenvalue weighted by Gasteiger charge is -2.18. The van der Waals surface area contributed by atoms with E-state index in [1.54, 1.807) is 12.1 Å². The van der Waals surface area contributed by atoms with Crippen molar-refractivity contribution in [3.63, 3.8) is 0 Å². The van der Waals surface area contributed by atoms with E-state index in [4.69, 9.17) is 0 Å². The maximum atomic E-state index is 14.2. The fourth-order valence-electron chi connectivity index (χ4n) is 3.77. The first kappa shape index (κ1) is 18.1. The molecular formula is C18H21Cl2FN2. The Bertz CT molecular complexity index is 678. The third-order valence-electron chi connectivity index (χ3n) is 4.73. The van der Waals surface area contributed by atoms with Crippen LogP contribution in [0.2, 0.25) is 0 Å². The Morgan fingerprint density at radius 1 is 0.870 bits per heavy atom. The summed E-state index contributed by atoms with van der Waals surface area (Å²) in [5.74, 6) is 0.340. The molecule has 0 aliphatic carbocycles. The molecule has 2 aromatic rings. The van der Waals surface area contributed by atoms with Gasteiger partial charge in [0.05, 0.1) is 0 Å². The highest BCUT2D eigenvalue weighted by Crippen LogP contribution is 2.45. The first-order valence-corrected chi connectivity index (χ1v) is 7.69. The van der Waals surface area contributed by atoms with Crippen molar-refractivity contribution in [1.29, 1.82) is 0 Å². The molecule has 0 saturated carbocycles. The van der Waals surface area contributed by atoms with Crippen molar-refractivity contribution in [3.05, 3.63) is 53.8 Å². The Kier molecular flexibility index (Phi) is 5.90. The number of nitrogens with one attached hydrogen (secondary N) is 2. The van der Waals surface area contributed by atoms with E-state index < -0.39 is 0 Å². The lowest BCUT2D eigenvalue weighted by molar-refractivity contribution is 0.578. The normalized spacial score (nSPS) is 21.8. The van der Waals surface area contributed by atoms with E-state index in [9.17, 15) is 4.39 Å². The Morgan fingerprint density at radius 3 is 2.43 bits per heavy atom. The van der Waals surface area contributed by atoms with Crippen LogP contribution >= 0.6 is 24.8 Å². The van der Waals surface area contributed by atoms with Gasteiger partial charge in [0, 0.05) is 23.2 Å². The predicted octanol–water partition coefficient (Wildman–Crippen LogP) is 4.60. The molecule has 23 heavy (non-hydrogen) atoms. The van der Waals surface area contributed by atoms with Gasteiger partial charge >= 0.3 is 0 Å². The van der Waals surface area contributed by atoms with E-state index in [0.29, 0.717) is 17.5 Å². The maximum absolute atomic E-state index is 14.2. The van der Waals surface area contributed by atoms with Crippen LogP contribution in [-0.2, 0) is 0 Å². The smallest absolute Gasteiger partial charge is 0.131 e. The number of benzene rings is 2. The minimum Gasteiger partial charge on any atom is -0.381 e. The van der Waals surface area contributed by atoms with Gasteiger partial charge in [-0.3, -0.25) is 0 Å². The van der Waals surface area contributed by atoms with E-state index in [1.807, 2.05) is 18.2 Å². The quantitative estimate of drug-likeness (QED) is 0.781. The second-order valence-electron chi connectivity index (χ2n) is 5.93. The molecule has 124 valence electrons. The van der Waals surface area contributed by atoms with Crippen LogP contribution in [0.25, 0.3) is 11.1 Å². The third kappa shape index (κ3) is 3.18. The molecule has 0 aromatic heterocycles. The molecule has 2 aliphatic rings. The van der Waals surface area contributed by atoms with Crippen molar-refractivity contribution < 1.29 is 4.39 Å². The van der Waals surface area contributed by atoms with E-state index >= 15 is 0 Å². The van der Waals surface area contributed by atoms with E-state index in [0.717, 1.165) is 31.5 Å². The first-order valence-electron chi connectivity index (χ1n) is 7.69. The zero-order valence-corrected chi connectivity index (χ0v) is 14.4. The predicted molar refractivity (Wildman–Crippen MR) is 98.6 cm³/mol. The highest BCUT2D eigenvalue weighted by atomic mass is 35.5. The summed E-state index contributed by atoms with van der Waals surface area (Å²) in [5, 5.41) is 7.11. The van der Waals surface area contributed by atoms with E-state index in [1.165, 1.54) is 11.3 Å². The zero-order chi connectivity index (χ0) is 14.2. The van der Waals surface area contributed by atoms with Gasteiger partial charge in [-0.2, -0.15) is 0 Å². The fraction of sp³-hybridized carbons (Fsp3) is 0.333. The number of anilines is 1. The van der Waals surface area contributed by atoms with Gasteiger partial charge in [-0.05, 0) is 49.2 Å². The summed E-state index contributed by atoms with van der Waals surface area (Å²) < 4.78 is 14.2. The summed E-state index contributed by atoms with van der Waals surface area (Å²) in [4.78, 5) is 0. The van der Waals surface area contributed by atoms with Crippen LogP contribution in [0, 0.1) is 5.82 Å². The Labute approximate surface area is 148 Å². The highest BCUT2D eigenvalue weighted by Gasteiger charge is 2.34. The Balaban J connectivity index is 0.000000960. The molecule has 2 heterocycles. The summed E-state index contributed by atoms with van der Waals surface area (Å²) >= 11 is 0. The number of fused-ring (bicyclic) bond motifs is 3. The molecule has 2 atom stereocenters. The number of rotatable bonds is 1. The Morgan fingerprint density at radius 2 is 1.61 bits per heavy atom. The van der Waals surface area contributed by atoms with E-state index in [-0.39, 0.29) is 30.6 Å². The van der Waals surface area contributed by atoms with Crippen molar-refractivity contribution in [1.82, 2.24) is 5.32 Å². The van der Waals surface area contributed by atoms with Gasteiger partial charge in [-0.1, -0.05) is 30.3 Å². The van der Waals surface area contributed by atoms with Crippen molar-refractivity contribution in [2.24, 2.45) is 0 Å². The summed E-state index contributed by atoms with van der Waals surface area (Å²) in [6.45, 7) is 2.09. The summed E-state index contributed by atoms with van der Waals surface area (Å²) in [5.41, 5.74) is 4.26. The van der Waals surface area contributed by atoms with Gasteiger partial charge in [-0.25, -0.2) is 4.39 Å². The van der Waals surface area contributed by atoms with E-state index in [2.05, 4.69) is 22.8 Å². The SMILES string of the molecule is Cl.Cl.Fc1ccccc1-c1cccc2c1[C@H]1CCNCC[C@H]1N2. The third-order valence-corrected chi connectivity index (χ3v) is 4.73. The van der Waals surface area contributed by atoms with Crippen molar-refractivity contribution >= 4 is 30.5 Å². The van der Waals surface area contributed by atoms with Crippen LogP contribution in [0.3, 0.4) is 0 Å². The maximum Gasteiger partial charge on any atom is 0.131 e. The molecule has 0 unspecified atom stereocenters. The Hall–Kier alpha value is -1.29. The molecule has 2 aliphatic heterocycles. The monoisotopic (exact) mass is 354 g/mol. The molecule has 0 spiro atoms. The minimum absolute atomic E-state index is 0. The minimum atomic E-state index is -0.138. The van der Waals surface area contributed by atoms with Crippen molar-refractivity contribution in [2.75, 3.05) is 18.4 Å². The fourth-order valence-corrected chi connectivity index (χ4v) is 3.77. The summed E-state index contributed by atoms with van der Waals surface area (Å²) in [6.07, 6.45) is 2.23. The molecule has 1 saturated heterocycles. The largest absolute Gasteiger partial charge is 0.381 e. The van der Waals surface area contributed by atoms with Crippen LogP contribution in [0.5, 0.6) is 0 Å². The topological polar surface area (TPSA) is 24.1 Å². The standard InChI is InChI=1S/C18H19FN2.2ClH/c19-15-6-2-1-4-12(15)13-5-3-7-17-18(13)14-8-10-20-11-9-16(14)21-17;;/h1-7,14,16,20-21H,8-11H2;2*1H/t14-,16+;;/m0../s1. The van der Waals surface area contributed by atoms with Crippen molar-refractivity contribution in [3.8, 4) is 11.1 Å². The average Bonchev–Trinajstić information content (AvgIpc) is 2.70. The second-order valence-corrected chi connectivity index (χ2v) is 5.93. The molecule has 4 rings (SSSR count). The zero-order valence-electron chi connectivity index (χ0n) is 12.7. The van der Waals surface area contributed by atoms with Gasteiger partial charge in [-0.15, -0.1) is 24.8 Å². The lowest BCUT2D eigenvalue weighted by atomic mass is 9.86. The van der Waals surface area contributed by atoms with Crippen molar-refractivity contribution in [2.45, 2.75) is 24.8 Å². The molecule has 2 N–H and O–H groups in total. The molecule has 2 nitrogen and oxygen atoms in total. The average molecular weight is 355 g/mol. The second kappa shape index (κ2) is 7.52. The molecule has 5 heteroatoms. The molecule has 1 fully saturated rings. The van der Waals surface area contributed by atoms with Crippen LogP contribution in [0.1, 0.15) is 24.3 Å². The molecular weight excluding hydrogens is 334 g/mol. The molecule has 0 bridgehead atoms. The highest BCUT2D eigenvalue weighted by molar-refractivity contribution is 5.85. The van der Waals surface area contributed by atoms with Gasteiger partial charge in [0.1, 0.15) is 5.82 Å². The molecule has 0 radical (unpaired) electrons. The number of hydrogen-bond donors (Lipinski definition) is 2. The number of hydrogen-bond acceptors (Lipinski definition) is 2. The van der Waals surface area contributed by atoms with Gasteiger partial charge in [0.25, 0.3) is 0 Å². The lowest BCUT2D eigenvalue weighted by Crippen LogP contribution is -2.21. The van der Waals surface area contributed by atoms with Gasteiger partial charge < -0.3 is 10.6 Å². The molecule has 2 aromatic carbocycles. The summed E-state index contributed by atoms with van der Waals surface area (Å²) in [7, 11) is 0. The van der Waals surface area contributed by atoms with Gasteiger partial charge in [0.2, 0.25) is 0 Å². The first-order chi connectivity index (χ1) is 10.3. The molecule has 0 amide bonds. The van der Waals surface area contributed by atoms with Crippen LogP contribution in [0.4, 0.5) is 10.1 Å². The van der Waals surface area contributed by atoms with Crippen LogP contribution in [-0.4, -0.2) is 19.1 Å². The van der Waals surface area contributed by atoms with Crippen LogP contribution < -0.4 is 10.6 Å². The number of halogens is 3. The van der Waals surface area contributed by atoms with Crippen LogP contribution in [0.15, 0.2) is 42.5 Å².